The first-order valence-electron chi connectivity index (χ1n) is 11.6. The van der Waals surface area contributed by atoms with Crippen molar-refractivity contribution in [2.45, 2.75) is 13.5 Å². The number of imide groups is 1. The summed E-state index contributed by atoms with van der Waals surface area (Å²) in [5.74, 6) is 0.456. The molecule has 0 radical (unpaired) electrons. The van der Waals surface area contributed by atoms with Crippen LogP contribution in [0.2, 0.25) is 10.0 Å². The molecular formula is C27H25Cl2N3O4S. The van der Waals surface area contributed by atoms with Crippen molar-refractivity contribution in [1.82, 2.24) is 9.96 Å². The van der Waals surface area contributed by atoms with Gasteiger partial charge in [0.25, 0.3) is 11.8 Å². The molecule has 0 bridgehead atoms. The van der Waals surface area contributed by atoms with Gasteiger partial charge in [-0.15, -0.1) is 0 Å². The van der Waals surface area contributed by atoms with E-state index in [2.05, 4.69) is 0 Å². The predicted molar refractivity (Wildman–Crippen MR) is 148 cm³/mol. The van der Waals surface area contributed by atoms with Crippen LogP contribution in [0.4, 0.5) is 5.69 Å². The van der Waals surface area contributed by atoms with E-state index in [9.17, 15) is 9.59 Å². The third-order valence-corrected chi connectivity index (χ3v) is 7.09. The molecule has 3 aromatic carbocycles. The number of nitrogens with zero attached hydrogens (tertiary/aromatic N) is 3. The van der Waals surface area contributed by atoms with Gasteiger partial charge in [-0.1, -0.05) is 84.4 Å². The van der Waals surface area contributed by atoms with E-state index in [1.165, 1.54) is 23.8 Å². The zero-order valence-electron chi connectivity index (χ0n) is 20.3. The van der Waals surface area contributed by atoms with Crippen LogP contribution < -0.4 is 4.74 Å². The van der Waals surface area contributed by atoms with Crippen molar-refractivity contribution in [2.75, 3.05) is 26.0 Å². The summed E-state index contributed by atoms with van der Waals surface area (Å²) in [6, 6.07) is 19.8. The Morgan fingerprint density at radius 1 is 0.973 bits per heavy atom. The Hall–Kier alpha value is -3.04. The lowest BCUT2D eigenvalue weighted by atomic mass is 10.1. The summed E-state index contributed by atoms with van der Waals surface area (Å²) in [6.07, 6.45) is 0. The fourth-order valence-corrected chi connectivity index (χ4v) is 4.98. The number of hydrogen-bond acceptors (Lipinski definition) is 6. The van der Waals surface area contributed by atoms with E-state index in [4.69, 9.17) is 37.8 Å². The van der Waals surface area contributed by atoms with Crippen LogP contribution in [0, 0.1) is 0 Å². The van der Waals surface area contributed by atoms with Crippen molar-refractivity contribution in [1.29, 1.82) is 0 Å². The van der Waals surface area contributed by atoms with Gasteiger partial charge >= 0.3 is 0 Å². The second-order valence-corrected chi connectivity index (χ2v) is 9.92. The van der Waals surface area contributed by atoms with E-state index >= 15 is 0 Å². The topological polar surface area (TPSA) is 71.4 Å². The third-order valence-electron chi connectivity index (χ3n) is 5.58. The molecule has 1 heterocycles. The molecule has 0 aromatic heterocycles. The molecule has 7 nitrogen and oxygen atoms in total. The SMILES string of the molecule is CCSC(=Nc1c(Cl)ccc(OC)c1Cl)N(CCN1C(=O)c2ccccc2C1=O)OCc1ccccc1. The van der Waals surface area contributed by atoms with E-state index in [0.717, 1.165) is 5.56 Å². The van der Waals surface area contributed by atoms with Gasteiger partial charge in [-0.2, -0.15) is 0 Å². The highest BCUT2D eigenvalue weighted by Crippen LogP contribution is 2.40. The van der Waals surface area contributed by atoms with Gasteiger partial charge in [0.2, 0.25) is 0 Å². The summed E-state index contributed by atoms with van der Waals surface area (Å²) in [7, 11) is 1.52. The van der Waals surface area contributed by atoms with Crippen LogP contribution in [-0.4, -0.2) is 52.9 Å². The maximum Gasteiger partial charge on any atom is 0.261 e. The normalized spacial score (nSPS) is 13.2. The maximum absolute atomic E-state index is 12.9. The van der Waals surface area contributed by atoms with Crippen LogP contribution in [0.25, 0.3) is 0 Å². The molecule has 1 aliphatic rings. The zero-order valence-corrected chi connectivity index (χ0v) is 22.6. The standard InChI is InChI=1S/C27H25Cl2N3O4S/c1-3-37-27(30-24-21(28)13-14-22(35-2)23(24)29)32(36-17-18-9-5-4-6-10-18)16-15-31-25(33)19-11-7-8-12-20(19)26(31)34/h4-14H,3,15-17H2,1-2H3. The minimum atomic E-state index is -0.330. The Morgan fingerprint density at radius 3 is 2.24 bits per heavy atom. The number of carbonyl (C=O) groups excluding carboxylic acids is 2. The number of amides is 2. The highest BCUT2D eigenvalue weighted by atomic mass is 35.5. The van der Waals surface area contributed by atoms with E-state index in [-0.39, 0.29) is 36.5 Å². The Morgan fingerprint density at radius 2 is 1.62 bits per heavy atom. The number of hydroxylamine groups is 2. The van der Waals surface area contributed by atoms with E-state index in [0.29, 0.717) is 38.5 Å². The van der Waals surface area contributed by atoms with Gasteiger partial charge in [-0.25, -0.2) is 10.1 Å². The summed E-state index contributed by atoms with van der Waals surface area (Å²) >= 11 is 14.4. The highest BCUT2D eigenvalue weighted by molar-refractivity contribution is 8.13. The number of fused-ring (bicyclic) bond motifs is 1. The van der Waals surface area contributed by atoms with E-state index in [1.54, 1.807) is 41.5 Å². The molecule has 4 rings (SSSR count). The molecule has 0 fully saturated rings. The minimum Gasteiger partial charge on any atom is -0.495 e. The lowest BCUT2D eigenvalue weighted by molar-refractivity contribution is -0.109. The molecule has 3 aromatic rings. The lowest BCUT2D eigenvalue weighted by Gasteiger charge is -2.27. The Balaban J connectivity index is 1.64. The Bertz CT molecular complexity index is 1290. The van der Waals surface area contributed by atoms with Crippen LogP contribution in [0.3, 0.4) is 0 Å². The van der Waals surface area contributed by atoms with Crippen molar-refractivity contribution in [3.8, 4) is 5.75 Å². The fraction of sp³-hybridized carbons (Fsp3) is 0.222. The predicted octanol–water partition coefficient (Wildman–Crippen LogP) is 6.47. The minimum absolute atomic E-state index is 0.101. The molecule has 37 heavy (non-hydrogen) atoms. The molecule has 0 unspecified atom stereocenters. The van der Waals surface area contributed by atoms with Gasteiger partial charge in [0.1, 0.15) is 16.5 Å². The highest BCUT2D eigenvalue weighted by Gasteiger charge is 2.35. The number of rotatable bonds is 9. The first-order chi connectivity index (χ1) is 17.9. The quantitative estimate of drug-likeness (QED) is 0.130. The molecule has 192 valence electrons. The fourth-order valence-electron chi connectivity index (χ4n) is 3.74. The van der Waals surface area contributed by atoms with Gasteiger partial charge < -0.3 is 4.74 Å². The number of aliphatic imine (C=N–C) groups is 1. The van der Waals surface area contributed by atoms with Gasteiger partial charge in [0, 0.05) is 6.54 Å². The van der Waals surface area contributed by atoms with Crippen LogP contribution in [0.1, 0.15) is 33.2 Å². The monoisotopic (exact) mass is 557 g/mol. The number of methoxy groups -OCH3 is 1. The molecule has 0 saturated carbocycles. The first kappa shape index (κ1) is 27.0. The molecule has 0 atom stereocenters. The Kier molecular flexibility index (Phi) is 9.10. The third kappa shape index (κ3) is 6.10. The number of benzene rings is 3. The maximum atomic E-state index is 12.9. The van der Waals surface area contributed by atoms with Crippen LogP contribution >= 0.6 is 35.0 Å². The number of hydrogen-bond donors (Lipinski definition) is 0. The van der Waals surface area contributed by atoms with Crippen molar-refractivity contribution in [3.63, 3.8) is 0 Å². The second kappa shape index (κ2) is 12.5. The van der Waals surface area contributed by atoms with Gasteiger partial charge in [-0.05, 0) is 35.6 Å². The molecule has 0 aliphatic carbocycles. The summed E-state index contributed by atoms with van der Waals surface area (Å²) in [5, 5.41) is 2.68. The molecule has 0 saturated heterocycles. The Labute approximate surface area is 229 Å². The number of ether oxygens (including phenoxy) is 1. The van der Waals surface area contributed by atoms with Crippen LogP contribution in [0.15, 0.2) is 71.7 Å². The summed E-state index contributed by atoms with van der Waals surface area (Å²) < 4.78 is 5.32. The summed E-state index contributed by atoms with van der Waals surface area (Å²) in [4.78, 5) is 38.0. The number of amidine groups is 1. The van der Waals surface area contributed by atoms with Crippen LogP contribution in [0.5, 0.6) is 5.75 Å². The number of carbonyl (C=O) groups is 2. The summed E-state index contributed by atoms with van der Waals surface area (Å²) in [5.41, 5.74) is 2.09. The molecule has 2 amide bonds. The van der Waals surface area contributed by atoms with Crippen LogP contribution in [-0.2, 0) is 11.4 Å². The van der Waals surface area contributed by atoms with Gasteiger partial charge in [-0.3, -0.25) is 19.3 Å². The smallest absolute Gasteiger partial charge is 0.261 e. The van der Waals surface area contributed by atoms with E-state index < -0.39 is 0 Å². The first-order valence-corrected chi connectivity index (χ1v) is 13.3. The van der Waals surface area contributed by atoms with Gasteiger partial charge in [0.05, 0.1) is 36.4 Å². The molecule has 10 heteroatoms. The molecule has 1 aliphatic heterocycles. The zero-order chi connectivity index (χ0) is 26.4. The van der Waals surface area contributed by atoms with Crippen molar-refractivity contribution in [2.24, 2.45) is 4.99 Å². The van der Waals surface area contributed by atoms with Crippen molar-refractivity contribution in [3.05, 3.63) is 93.5 Å². The molecular weight excluding hydrogens is 533 g/mol. The van der Waals surface area contributed by atoms with Gasteiger partial charge in [0.15, 0.2) is 5.17 Å². The van der Waals surface area contributed by atoms with E-state index in [1.807, 2.05) is 37.3 Å². The molecule has 0 N–H and O–H groups in total. The largest absolute Gasteiger partial charge is 0.495 e. The second-order valence-electron chi connectivity index (χ2n) is 7.91. The summed E-state index contributed by atoms with van der Waals surface area (Å²) in [6.45, 7) is 2.52. The van der Waals surface area contributed by atoms with Crippen molar-refractivity contribution >= 4 is 57.6 Å². The average Bonchev–Trinajstić information content (AvgIpc) is 3.16. The number of halogens is 2. The average molecular weight is 558 g/mol. The lowest BCUT2D eigenvalue weighted by Crippen LogP contribution is -2.40. The molecule has 0 spiro atoms. The van der Waals surface area contributed by atoms with Crippen molar-refractivity contribution < 1.29 is 19.2 Å². The number of thioether (sulfide) groups is 1.